The largest absolute Gasteiger partial charge is 0.337 e. The number of carbonyl (C=O) groups is 1. The van der Waals surface area contributed by atoms with Gasteiger partial charge in [-0.05, 0) is 18.9 Å². The predicted molar refractivity (Wildman–Crippen MR) is 98.1 cm³/mol. The predicted octanol–water partition coefficient (Wildman–Crippen LogP) is 2.95. The van der Waals surface area contributed by atoms with Crippen LogP contribution in [0.15, 0.2) is 47.3 Å². The maximum absolute atomic E-state index is 12.7. The average Bonchev–Trinajstić information content (AvgIpc) is 3.04. The van der Waals surface area contributed by atoms with Crippen molar-refractivity contribution in [2.45, 2.75) is 46.2 Å². The van der Waals surface area contributed by atoms with Crippen LogP contribution in [-0.4, -0.2) is 33.2 Å². The van der Waals surface area contributed by atoms with Gasteiger partial charge in [-0.1, -0.05) is 51.1 Å². The zero-order valence-corrected chi connectivity index (χ0v) is 15.1. The summed E-state index contributed by atoms with van der Waals surface area (Å²) < 4.78 is 1.50. The summed E-state index contributed by atoms with van der Waals surface area (Å²) in [7, 11) is 0. The minimum Gasteiger partial charge on any atom is -0.337 e. The lowest BCUT2D eigenvalue weighted by Gasteiger charge is -2.31. The molecule has 0 saturated carbocycles. The zero-order chi connectivity index (χ0) is 18.0. The lowest BCUT2D eigenvalue weighted by Crippen LogP contribution is -2.45. The third kappa shape index (κ3) is 3.81. The Morgan fingerprint density at radius 1 is 1.16 bits per heavy atom. The number of benzene rings is 1. The van der Waals surface area contributed by atoms with Gasteiger partial charge in [-0.3, -0.25) is 9.59 Å². The number of carbonyl (C=O) groups excluding carboxylic acids is 1. The van der Waals surface area contributed by atoms with E-state index in [9.17, 15) is 9.59 Å². The molecule has 1 atom stereocenters. The molecular weight excluding hydrogens is 314 g/mol. The molecule has 25 heavy (non-hydrogen) atoms. The quantitative estimate of drug-likeness (QED) is 0.864. The maximum atomic E-state index is 12.7. The van der Waals surface area contributed by atoms with Crippen LogP contribution in [0.25, 0.3) is 11.3 Å². The zero-order valence-electron chi connectivity index (χ0n) is 15.1. The molecule has 2 aromatic rings. The van der Waals surface area contributed by atoms with Crippen LogP contribution in [0, 0.1) is 5.41 Å². The van der Waals surface area contributed by atoms with E-state index in [1.54, 1.807) is 12.1 Å². The molecule has 0 spiro atoms. The van der Waals surface area contributed by atoms with E-state index in [0.717, 1.165) is 30.6 Å². The summed E-state index contributed by atoms with van der Waals surface area (Å²) in [5.41, 5.74) is 1.21. The molecule has 0 unspecified atom stereocenters. The first-order valence-electron chi connectivity index (χ1n) is 8.81. The van der Waals surface area contributed by atoms with Crippen LogP contribution in [-0.2, 0) is 11.3 Å². The summed E-state index contributed by atoms with van der Waals surface area (Å²) in [6, 6.07) is 13.1. The molecule has 0 aliphatic carbocycles. The fraction of sp³-hybridized carbons (Fsp3) is 0.450. The molecular formula is C20H25N3O2. The van der Waals surface area contributed by atoms with Crippen LogP contribution in [0.5, 0.6) is 0 Å². The van der Waals surface area contributed by atoms with Crippen LogP contribution < -0.4 is 5.56 Å². The highest BCUT2D eigenvalue weighted by molar-refractivity contribution is 5.82. The summed E-state index contributed by atoms with van der Waals surface area (Å²) in [5.74, 6) is 0.141. The van der Waals surface area contributed by atoms with E-state index in [-0.39, 0.29) is 17.5 Å². The van der Waals surface area contributed by atoms with Gasteiger partial charge in [-0.25, -0.2) is 4.68 Å². The molecule has 1 amide bonds. The Labute approximate surface area is 148 Å². The van der Waals surface area contributed by atoms with Gasteiger partial charge in [0.05, 0.1) is 18.3 Å². The molecule has 5 nitrogen and oxygen atoms in total. The highest BCUT2D eigenvalue weighted by Gasteiger charge is 2.35. The minimum atomic E-state index is -0.410. The summed E-state index contributed by atoms with van der Waals surface area (Å²) in [4.78, 5) is 26.8. The van der Waals surface area contributed by atoms with Gasteiger partial charge in [0.25, 0.3) is 5.56 Å². The second kappa shape index (κ2) is 6.82. The molecule has 5 heteroatoms. The van der Waals surface area contributed by atoms with Crippen LogP contribution in [0.3, 0.4) is 0 Å². The van der Waals surface area contributed by atoms with Gasteiger partial charge in [0, 0.05) is 23.6 Å². The van der Waals surface area contributed by atoms with E-state index >= 15 is 0 Å². The molecule has 1 saturated heterocycles. The Balaban J connectivity index is 1.85. The Bertz CT molecular complexity index is 806. The summed E-state index contributed by atoms with van der Waals surface area (Å²) in [5, 5.41) is 4.53. The molecule has 132 valence electrons. The lowest BCUT2D eigenvalue weighted by atomic mass is 9.94. The van der Waals surface area contributed by atoms with Crippen molar-refractivity contribution >= 4 is 5.91 Å². The van der Waals surface area contributed by atoms with Gasteiger partial charge in [0.2, 0.25) is 5.91 Å². The van der Waals surface area contributed by atoms with Gasteiger partial charge in [0.15, 0.2) is 0 Å². The van der Waals surface area contributed by atoms with E-state index in [0.29, 0.717) is 6.54 Å². The Morgan fingerprint density at radius 2 is 1.88 bits per heavy atom. The Morgan fingerprint density at radius 3 is 2.56 bits per heavy atom. The number of rotatable bonds is 3. The van der Waals surface area contributed by atoms with Crippen molar-refractivity contribution in [3.63, 3.8) is 0 Å². The second-order valence-electron chi connectivity index (χ2n) is 7.65. The topological polar surface area (TPSA) is 55.2 Å². The van der Waals surface area contributed by atoms with Crippen molar-refractivity contribution in [2.75, 3.05) is 6.54 Å². The SMILES string of the molecule is CC(C)(C)C(=O)N1CCC[C@H]1Cn1nc(-c2ccccc2)ccc1=O. The molecule has 0 radical (unpaired) electrons. The summed E-state index contributed by atoms with van der Waals surface area (Å²) >= 11 is 0. The monoisotopic (exact) mass is 339 g/mol. The van der Waals surface area contributed by atoms with E-state index in [1.807, 2.05) is 56.0 Å². The van der Waals surface area contributed by atoms with Gasteiger partial charge in [-0.15, -0.1) is 0 Å². The van der Waals surface area contributed by atoms with Crippen molar-refractivity contribution in [3.05, 3.63) is 52.8 Å². The average molecular weight is 339 g/mol. The number of hydrogen-bond acceptors (Lipinski definition) is 3. The van der Waals surface area contributed by atoms with Gasteiger partial charge >= 0.3 is 0 Å². The molecule has 0 N–H and O–H groups in total. The number of hydrogen-bond donors (Lipinski definition) is 0. The first-order valence-corrected chi connectivity index (χ1v) is 8.81. The first-order chi connectivity index (χ1) is 11.9. The molecule has 2 heterocycles. The fourth-order valence-electron chi connectivity index (χ4n) is 3.27. The van der Waals surface area contributed by atoms with E-state index in [1.165, 1.54) is 4.68 Å². The fourth-order valence-corrected chi connectivity index (χ4v) is 3.27. The van der Waals surface area contributed by atoms with Gasteiger partial charge in [0.1, 0.15) is 0 Å². The van der Waals surface area contributed by atoms with E-state index < -0.39 is 5.41 Å². The number of likely N-dealkylation sites (tertiary alicyclic amines) is 1. The smallest absolute Gasteiger partial charge is 0.266 e. The number of nitrogens with zero attached hydrogens (tertiary/aromatic N) is 3. The second-order valence-corrected chi connectivity index (χ2v) is 7.65. The van der Waals surface area contributed by atoms with Crippen molar-refractivity contribution < 1.29 is 4.79 Å². The highest BCUT2D eigenvalue weighted by atomic mass is 16.2. The highest BCUT2D eigenvalue weighted by Crippen LogP contribution is 2.26. The Kier molecular flexibility index (Phi) is 4.75. The van der Waals surface area contributed by atoms with Gasteiger partial charge in [-0.2, -0.15) is 5.10 Å². The third-order valence-electron chi connectivity index (χ3n) is 4.60. The molecule has 1 fully saturated rings. The number of aromatic nitrogens is 2. The standard InChI is InChI=1S/C20H25N3O2/c1-20(2,3)19(25)22-13-7-10-16(22)14-23-18(24)12-11-17(21-23)15-8-5-4-6-9-15/h4-6,8-9,11-12,16H,7,10,13-14H2,1-3H3/t16-/m0/s1. The first kappa shape index (κ1) is 17.4. The van der Waals surface area contributed by atoms with Crippen molar-refractivity contribution in [1.29, 1.82) is 0 Å². The van der Waals surface area contributed by atoms with Crippen molar-refractivity contribution in [1.82, 2.24) is 14.7 Å². The normalized spacial score (nSPS) is 17.7. The maximum Gasteiger partial charge on any atom is 0.266 e. The van der Waals surface area contributed by atoms with Crippen LogP contribution in [0.2, 0.25) is 0 Å². The summed E-state index contributed by atoms with van der Waals surface area (Å²) in [6.07, 6.45) is 1.88. The van der Waals surface area contributed by atoms with Gasteiger partial charge < -0.3 is 4.90 Å². The van der Waals surface area contributed by atoms with Crippen LogP contribution in [0.1, 0.15) is 33.6 Å². The molecule has 1 aliphatic heterocycles. The van der Waals surface area contributed by atoms with E-state index in [4.69, 9.17) is 0 Å². The van der Waals surface area contributed by atoms with Crippen molar-refractivity contribution in [3.8, 4) is 11.3 Å². The lowest BCUT2D eigenvalue weighted by molar-refractivity contribution is -0.140. The van der Waals surface area contributed by atoms with Crippen molar-refractivity contribution in [2.24, 2.45) is 5.41 Å². The molecule has 3 rings (SSSR count). The number of amides is 1. The van der Waals surface area contributed by atoms with Crippen LogP contribution in [0.4, 0.5) is 0 Å². The van der Waals surface area contributed by atoms with Crippen LogP contribution >= 0.6 is 0 Å². The molecule has 1 aromatic carbocycles. The Hall–Kier alpha value is -2.43. The third-order valence-corrected chi connectivity index (χ3v) is 4.60. The molecule has 0 bridgehead atoms. The summed E-state index contributed by atoms with van der Waals surface area (Å²) in [6.45, 7) is 7.01. The van der Waals surface area contributed by atoms with E-state index in [2.05, 4.69) is 5.10 Å². The molecule has 1 aliphatic rings. The minimum absolute atomic E-state index is 0.0305. The molecule has 1 aromatic heterocycles.